The van der Waals surface area contributed by atoms with Crippen LogP contribution in [0.15, 0.2) is 46.8 Å². The first-order valence-corrected chi connectivity index (χ1v) is 12.9. The Morgan fingerprint density at radius 1 is 1.03 bits per heavy atom. The molecule has 2 aromatic heterocycles. The summed E-state index contributed by atoms with van der Waals surface area (Å²) in [5.74, 6) is 1.44. The number of para-hydroxylation sites is 1. The number of anilines is 1. The molecule has 0 N–H and O–H groups in total. The van der Waals surface area contributed by atoms with Gasteiger partial charge < -0.3 is 14.5 Å². The molecular formula is C22H22N4O2S3. The summed E-state index contributed by atoms with van der Waals surface area (Å²) in [6, 6.07) is 14.1. The first-order valence-electron chi connectivity index (χ1n) is 10.2. The number of carbonyl (C=O) groups is 1. The number of thioether (sulfide) groups is 1. The molecule has 1 amide bonds. The smallest absolute Gasteiger partial charge is 0.233 e. The standard InChI is InChI=1S/C22H22N4O2S3/c1-2-28-15-7-8-17-19(13-15)31-22(24-17)29-14-20(27)25-9-11-26(12-10-25)21-23-16-5-3-4-6-18(16)30-21/h3-8,13H,2,9-12,14H2,1H3. The molecule has 3 heterocycles. The normalized spacial score (nSPS) is 14.5. The molecular weight excluding hydrogens is 448 g/mol. The minimum absolute atomic E-state index is 0.170. The van der Waals surface area contributed by atoms with Gasteiger partial charge in [-0.1, -0.05) is 35.2 Å². The van der Waals surface area contributed by atoms with Crippen LogP contribution in [0.25, 0.3) is 20.4 Å². The van der Waals surface area contributed by atoms with Crippen LogP contribution in [0.4, 0.5) is 5.13 Å². The minimum atomic E-state index is 0.170. The fraction of sp³-hybridized carbons (Fsp3) is 0.318. The summed E-state index contributed by atoms with van der Waals surface area (Å²) in [5, 5.41) is 1.04. The largest absolute Gasteiger partial charge is 0.494 e. The molecule has 0 aliphatic carbocycles. The van der Waals surface area contributed by atoms with E-state index in [1.807, 2.05) is 48.2 Å². The number of hydrogen-bond acceptors (Lipinski definition) is 8. The first kappa shape index (κ1) is 20.5. The minimum Gasteiger partial charge on any atom is -0.494 e. The van der Waals surface area contributed by atoms with E-state index in [9.17, 15) is 4.79 Å². The Kier molecular flexibility index (Phi) is 5.97. The zero-order chi connectivity index (χ0) is 21.2. The molecule has 31 heavy (non-hydrogen) atoms. The molecule has 160 valence electrons. The van der Waals surface area contributed by atoms with E-state index in [0.29, 0.717) is 12.4 Å². The first-order chi connectivity index (χ1) is 15.2. The molecule has 9 heteroatoms. The lowest BCUT2D eigenvalue weighted by Crippen LogP contribution is -2.49. The maximum Gasteiger partial charge on any atom is 0.233 e. The van der Waals surface area contributed by atoms with Crippen LogP contribution in [0.5, 0.6) is 5.75 Å². The Morgan fingerprint density at radius 2 is 1.84 bits per heavy atom. The van der Waals surface area contributed by atoms with Gasteiger partial charge in [0, 0.05) is 26.2 Å². The zero-order valence-corrected chi connectivity index (χ0v) is 19.6. The van der Waals surface area contributed by atoms with E-state index in [0.717, 1.165) is 57.1 Å². The van der Waals surface area contributed by atoms with E-state index < -0.39 is 0 Å². The second-order valence-corrected chi connectivity index (χ2v) is 10.4. The van der Waals surface area contributed by atoms with Crippen molar-refractivity contribution in [1.29, 1.82) is 0 Å². The van der Waals surface area contributed by atoms with E-state index in [-0.39, 0.29) is 5.91 Å². The lowest BCUT2D eigenvalue weighted by molar-refractivity contribution is -0.128. The number of ether oxygens (including phenoxy) is 1. The summed E-state index contributed by atoms with van der Waals surface area (Å²) in [6.07, 6.45) is 0. The van der Waals surface area contributed by atoms with E-state index >= 15 is 0 Å². The monoisotopic (exact) mass is 470 g/mol. The number of nitrogens with zero attached hydrogens (tertiary/aromatic N) is 4. The van der Waals surface area contributed by atoms with Crippen LogP contribution in [0.3, 0.4) is 0 Å². The highest BCUT2D eigenvalue weighted by Crippen LogP contribution is 2.32. The number of piperazine rings is 1. The molecule has 1 fully saturated rings. The Labute approximate surface area is 192 Å². The number of fused-ring (bicyclic) bond motifs is 2. The second-order valence-electron chi connectivity index (χ2n) is 7.16. The summed E-state index contributed by atoms with van der Waals surface area (Å²) in [7, 11) is 0. The molecule has 0 unspecified atom stereocenters. The van der Waals surface area contributed by atoms with Crippen molar-refractivity contribution in [2.24, 2.45) is 0 Å². The molecule has 0 bridgehead atoms. The maximum atomic E-state index is 12.7. The van der Waals surface area contributed by atoms with Gasteiger partial charge >= 0.3 is 0 Å². The summed E-state index contributed by atoms with van der Waals surface area (Å²) in [4.78, 5) is 26.4. The van der Waals surface area contributed by atoms with Gasteiger partial charge in [0.1, 0.15) is 5.75 Å². The Hall–Kier alpha value is -2.36. The van der Waals surface area contributed by atoms with Gasteiger partial charge in [0.15, 0.2) is 9.47 Å². The van der Waals surface area contributed by atoms with Crippen LogP contribution in [-0.4, -0.2) is 59.3 Å². The average Bonchev–Trinajstić information content (AvgIpc) is 3.41. The van der Waals surface area contributed by atoms with Crippen molar-refractivity contribution in [2.75, 3.05) is 43.4 Å². The van der Waals surface area contributed by atoms with Crippen LogP contribution < -0.4 is 9.64 Å². The number of hydrogen-bond donors (Lipinski definition) is 0. The van der Waals surface area contributed by atoms with E-state index in [1.165, 1.54) is 16.5 Å². The lowest BCUT2D eigenvalue weighted by atomic mass is 10.3. The van der Waals surface area contributed by atoms with Gasteiger partial charge in [-0.2, -0.15) is 0 Å². The van der Waals surface area contributed by atoms with E-state index in [1.54, 1.807) is 22.7 Å². The molecule has 0 spiro atoms. The van der Waals surface area contributed by atoms with Gasteiger partial charge in [-0.15, -0.1) is 11.3 Å². The highest BCUT2D eigenvalue weighted by molar-refractivity contribution is 8.01. The quantitative estimate of drug-likeness (QED) is 0.379. The zero-order valence-electron chi connectivity index (χ0n) is 17.1. The SMILES string of the molecule is CCOc1ccc2nc(SCC(=O)N3CCN(c4nc5ccccc5s4)CC3)sc2c1. The van der Waals surface area contributed by atoms with Crippen molar-refractivity contribution < 1.29 is 9.53 Å². The van der Waals surface area contributed by atoms with Crippen molar-refractivity contribution in [3.63, 3.8) is 0 Å². The number of thiazole rings is 2. The predicted octanol–water partition coefficient (Wildman–Crippen LogP) is 4.75. The maximum absolute atomic E-state index is 12.7. The highest BCUT2D eigenvalue weighted by atomic mass is 32.2. The van der Waals surface area contributed by atoms with Crippen LogP contribution in [0, 0.1) is 0 Å². The predicted molar refractivity (Wildman–Crippen MR) is 130 cm³/mol. The highest BCUT2D eigenvalue weighted by Gasteiger charge is 2.23. The van der Waals surface area contributed by atoms with Crippen LogP contribution in [0.2, 0.25) is 0 Å². The van der Waals surface area contributed by atoms with Crippen molar-refractivity contribution in [3.8, 4) is 5.75 Å². The summed E-state index contributed by atoms with van der Waals surface area (Å²) in [6.45, 7) is 5.71. The van der Waals surface area contributed by atoms with Gasteiger partial charge in [-0.05, 0) is 37.3 Å². The molecule has 0 saturated carbocycles. The number of rotatable bonds is 6. The van der Waals surface area contributed by atoms with Crippen LogP contribution in [0.1, 0.15) is 6.92 Å². The molecule has 6 nitrogen and oxygen atoms in total. The fourth-order valence-corrected chi connectivity index (χ4v) is 6.58. The summed E-state index contributed by atoms with van der Waals surface area (Å²) in [5.41, 5.74) is 1.99. The van der Waals surface area contributed by atoms with Crippen LogP contribution >= 0.6 is 34.4 Å². The molecule has 5 rings (SSSR count). The number of benzene rings is 2. The van der Waals surface area contributed by atoms with Gasteiger partial charge in [0.2, 0.25) is 5.91 Å². The third-order valence-corrected chi connectivity index (χ3v) is 8.40. The summed E-state index contributed by atoms with van der Waals surface area (Å²) < 4.78 is 8.78. The Balaban J connectivity index is 1.16. The number of amides is 1. The summed E-state index contributed by atoms with van der Waals surface area (Å²) >= 11 is 4.85. The van der Waals surface area contributed by atoms with Gasteiger partial charge in [-0.25, -0.2) is 9.97 Å². The molecule has 0 atom stereocenters. The number of carbonyl (C=O) groups excluding carboxylic acids is 1. The van der Waals surface area contributed by atoms with Gasteiger partial charge in [-0.3, -0.25) is 4.79 Å². The average molecular weight is 471 g/mol. The van der Waals surface area contributed by atoms with Crippen molar-refractivity contribution in [3.05, 3.63) is 42.5 Å². The number of aromatic nitrogens is 2. The van der Waals surface area contributed by atoms with Gasteiger partial charge in [0.25, 0.3) is 0 Å². The van der Waals surface area contributed by atoms with Crippen molar-refractivity contribution in [1.82, 2.24) is 14.9 Å². The topological polar surface area (TPSA) is 58.6 Å². The third-order valence-electron chi connectivity index (χ3n) is 5.16. The van der Waals surface area contributed by atoms with E-state index in [2.05, 4.69) is 16.0 Å². The van der Waals surface area contributed by atoms with Crippen LogP contribution in [-0.2, 0) is 4.79 Å². The lowest BCUT2D eigenvalue weighted by Gasteiger charge is -2.34. The molecule has 0 radical (unpaired) electrons. The molecule has 4 aromatic rings. The molecule has 1 saturated heterocycles. The molecule has 1 aliphatic rings. The molecule has 1 aliphatic heterocycles. The van der Waals surface area contributed by atoms with Crippen molar-refractivity contribution in [2.45, 2.75) is 11.3 Å². The Bertz CT molecular complexity index is 1180. The Morgan fingerprint density at radius 3 is 2.65 bits per heavy atom. The second kappa shape index (κ2) is 9.02. The third kappa shape index (κ3) is 4.49. The van der Waals surface area contributed by atoms with Gasteiger partial charge in [0.05, 0.1) is 32.8 Å². The van der Waals surface area contributed by atoms with E-state index in [4.69, 9.17) is 9.72 Å². The molecule has 2 aromatic carbocycles. The van der Waals surface area contributed by atoms with Crippen molar-refractivity contribution >= 4 is 65.9 Å². The fourth-order valence-electron chi connectivity index (χ4n) is 3.56.